The maximum Gasteiger partial charge on any atom is 0.254 e. The molecule has 2 N–H and O–H groups in total. The van der Waals surface area contributed by atoms with Crippen LogP contribution in [-0.2, 0) is 0 Å². The molecule has 3 rings (SSSR count). The van der Waals surface area contributed by atoms with Crippen molar-refractivity contribution in [1.29, 1.82) is 0 Å². The van der Waals surface area contributed by atoms with Crippen LogP contribution >= 0.6 is 0 Å². The molecule has 0 saturated heterocycles. The molecule has 0 aliphatic carbocycles. The van der Waals surface area contributed by atoms with Gasteiger partial charge in [-0.2, -0.15) is 9.49 Å². The zero-order valence-corrected chi connectivity index (χ0v) is 11.5. The lowest BCUT2D eigenvalue weighted by Crippen LogP contribution is -2.11. The first-order chi connectivity index (χ1) is 9.97. The average molecular weight is 285 g/mol. The number of carbonyl (C=O) groups is 1. The maximum absolute atomic E-state index is 14.0. The minimum atomic E-state index is -0.628. The molecule has 0 bridgehead atoms. The van der Waals surface area contributed by atoms with E-state index >= 15 is 0 Å². The standard InChI is InChI=1S/C14H12FN5O/c1-7-3-4-9(12(15)18-7)11-5-8(2)20-14(19-11)10(6-17-20)13(16)21/h3-6H,1-2H3,(H2,16,21). The van der Waals surface area contributed by atoms with Gasteiger partial charge in [-0.3, -0.25) is 4.79 Å². The van der Waals surface area contributed by atoms with Gasteiger partial charge in [0.05, 0.1) is 17.5 Å². The van der Waals surface area contributed by atoms with Crippen LogP contribution in [0.5, 0.6) is 0 Å². The van der Waals surface area contributed by atoms with Crippen molar-refractivity contribution in [3.05, 3.63) is 47.3 Å². The molecule has 3 heterocycles. The fraction of sp³-hybridized carbons (Fsp3) is 0.143. The molecule has 3 aromatic rings. The van der Waals surface area contributed by atoms with Crippen molar-refractivity contribution in [2.75, 3.05) is 0 Å². The number of aryl methyl sites for hydroxylation is 2. The minimum absolute atomic E-state index is 0.195. The molecule has 106 valence electrons. The lowest BCUT2D eigenvalue weighted by atomic mass is 10.1. The van der Waals surface area contributed by atoms with Crippen molar-refractivity contribution in [2.45, 2.75) is 13.8 Å². The number of amides is 1. The fourth-order valence-electron chi connectivity index (χ4n) is 2.14. The molecule has 0 radical (unpaired) electrons. The number of fused-ring (bicyclic) bond motifs is 1. The summed E-state index contributed by atoms with van der Waals surface area (Å²) in [5, 5.41) is 4.05. The van der Waals surface area contributed by atoms with Crippen LogP contribution in [0.3, 0.4) is 0 Å². The van der Waals surface area contributed by atoms with Crippen molar-refractivity contribution in [3.8, 4) is 11.3 Å². The van der Waals surface area contributed by atoms with E-state index < -0.39 is 11.9 Å². The van der Waals surface area contributed by atoms with Crippen molar-refractivity contribution >= 4 is 11.6 Å². The smallest absolute Gasteiger partial charge is 0.254 e. The number of halogens is 1. The van der Waals surface area contributed by atoms with Crippen molar-refractivity contribution < 1.29 is 9.18 Å². The number of carbonyl (C=O) groups excluding carboxylic acids is 1. The Labute approximate surface area is 119 Å². The summed E-state index contributed by atoms with van der Waals surface area (Å²) in [7, 11) is 0. The monoisotopic (exact) mass is 285 g/mol. The van der Waals surface area contributed by atoms with Crippen LogP contribution in [0.15, 0.2) is 24.4 Å². The lowest BCUT2D eigenvalue weighted by molar-refractivity contribution is 0.100. The van der Waals surface area contributed by atoms with E-state index in [1.807, 2.05) is 0 Å². The van der Waals surface area contributed by atoms with Crippen LogP contribution < -0.4 is 5.73 Å². The molecular formula is C14H12FN5O. The van der Waals surface area contributed by atoms with Gasteiger partial charge in [-0.05, 0) is 32.0 Å². The zero-order valence-electron chi connectivity index (χ0n) is 11.5. The second-order valence-corrected chi connectivity index (χ2v) is 4.73. The molecular weight excluding hydrogens is 273 g/mol. The van der Waals surface area contributed by atoms with Crippen LogP contribution in [0.2, 0.25) is 0 Å². The van der Waals surface area contributed by atoms with Crippen molar-refractivity contribution in [1.82, 2.24) is 19.6 Å². The van der Waals surface area contributed by atoms with E-state index in [9.17, 15) is 9.18 Å². The molecule has 0 spiro atoms. The number of primary amides is 1. The molecule has 0 unspecified atom stereocenters. The van der Waals surface area contributed by atoms with Gasteiger partial charge in [0.1, 0.15) is 5.56 Å². The highest BCUT2D eigenvalue weighted by molar-refractivity contribution is 5.98. The maximum atomic E-state index is 14.0. The van der Waals surface area contributed by atoms with Crippen LogP contribution in [0.25, 0.3) is 16.9 Å². The lowest BCUT2D eigenvalue weighted by Gasteiger charge is -2.06. The molecule has 3 aromatic heterocycles. The van der Waals surface area contributed by atoms with Gasteiger partial charge in [0.2, 0.25) is 5.95 Å². The molecule has 7 heteroatoms. The average Bonchev–Trinajstić information content (AvgIpc) is 2.83. The number of pyridine rings is 1. The molecule has 21 heavy (non-hydrogen) atoms. The van der Waals surface area contributed by atoms with E-state index in [2.05, 4.69) is 15.1 Å². The summed E-state index contributed by atoms with van der Waals surface area (Å²) < 4.78 is 15.5. The summed E-state index contributed by atoms with van der Waals surface area (Å²) in [5.41, 5.74) is 7.73. The van der Waals surface area contributed by atoms with Crippen LogP contribution in [0, 0.1) is 19.8 Å². The Hall–Kier alpha value is -2.83. The Morgan fingerprint density at radius 3 is 2.71 bits per heavy atom. The van der Waals surface area contributed by atoms with Gasteiger partial charge in [-0.1, -0.05) is 0 Å². The quantitative estimate of drug-likeness (QED) is 0.725. The van der Waals surface area contributed by atoms with Crippen molar-refractivity contribution in [2.24, 2.45) is 5.73 Å². The van der Waals surface area contributed by atoms with Gasteiger partial charge >= 0.3 is 0 Å². The first-order valence-corrected chi connectivity index (χ1v) is 6.26. The third-order valence-electron chi connectivity index (χ3n) is 3.18. The summed E-state index contributed by atoms with van der Waals surface area (Å²) in [6.07, 6.45) is 1.35. The van der Waals surface area contributed by atoms with Crippen LogP contribution in [0.1, 0.15) is 21.7 Å². The van der Waals surface area contributed by atoms with E-state index in [0.29, 0.717) is 22.7 Å². The van der Waals surface area contributed by atoms with Gasteiger partial charge in [0.25, 0.3) is 5.91 Å². The Morgan fingerprint density at radius 1 is 1.29 bits per heavy atom. The van der Waals surface area contributed by atoms with E-state index in [-0.39, 0.29) is 11.1 Å². The normalized spacial score (nSPS) is 11.0. The van der Waals surface area contributed by atoms with Gasteiger partial charge in [-0.15, -0.1) is 0 Å². The molecule has 0 aromatic carbocycles. The molecule has 0 fully saturated rings. The summed E-state index contributed by atoms with van der Waals surface area (Å²) in [4.78, 5) is 19.5. The second-order valence-electron chi connectivity index (χ2n) is 4.73. The first kappa shape index (κ1) is 13.2. The number of nitrogens with zero attached hydrogens (tertiary/aromatic N) is 4. The van der Waals surface area contributed by atoms with E-state index in [1.54, 1.807) is 32.0 Å². The van der Waals surface area contributed by atoms with E-state index in [0.717, 1.165) is 0 Å². The Kier molecular flexibility index (Phi) is 2.90. The predicted octanol–water partition coefficient (Wildman–Crippen LogP) is 1.65. The van der Waals surface area contributed by atoms with Crippen LogP contribution in [0.4, 0.5) is 4.39 Å². The van der Waals surface area contributed by atoms with Gasteiger partial charge in [-0.25, -0.2) is 14.5 Å². The van der Waals surface area contributed by atoms with Gasteiger partial charge in [0, 0.05) is 11.4 Å². The highest BCUT2D eigenvalue weighted by atomic mass is 19.1. The zero-order chi connectivity index (χ0) is 15.1. The first-order valence-electron chi connectivity index (χ1n) is 6.26. The third-order valence-corrected chi connectivity index (χ3v) is 3.18. The number of aromatic nitrogens is 4. The molecule has 0 saturated carbocycles. The van der Waals surface area contributed by atoms with Crippen LogP contribution in [-0.4, -0.2) is 25.5 Å². The minimum Gasteiger partial charge on any atom is -0.365 e. The summed E-state index contributed by atoms with van der Waals surface area (Å²) in [6.45, 7) is 3.49. The van der Waals surface area contributed by atoms with E-state index in [4.69, 9.17) is 5.73 Å². The molecule has 0 atom stereocenters. The number of rotatable bonds is 2. The third kappa shape index (κ3) is 2.12. The summed E-state index contributed by atoms with van der Waals surface area (Å²) in [5.74, 6) is -1.23. The van der Waals surface area contributed by atoms with Gasteiger partial charge in [0.15, 0.2) is 5.65 Å². The second kappa shape index (κ2) is 4.62. The topological polar surface area (TPSA) is 86.2 Å². The Balaban J connectivity index is 2.28. The number of hydrogen-bond donors (Lipinski definition) is 1. The summed E-state index contributed by atoms with van der Waals surface area (Å²) >= 11 is 0. The molecule has 0 aliphatic heterocycles. The van der Waals surface area contributed by atoms with Crippen molar-refractivity contribution in [3.63, 3.8) is 0 Å². The fourth-order valence-corrected chi connectivity index (χ4v) is 2.14. The highest BCUT2D eigenvalue weighted by Crippen LogP contribution is 2.23. The predicted molar refractivity (Wildman–Crippen MR) is 74.2 cm³/mol. The number of hydrogen-bond acceptors (Lipinski definition) is 4. The molecule has 0 aliphatic rings. The summed E-state index contributed by atoms with van der Waals surface area (Å²) in [6, 6.07) is 4.99. The highest BCUT2D eigenvalue weighted by Gasteiger charge is 2.16. The molecule has 6 nitrogen and oxygen atoms in total. The van der Waals surface area contributed by atoms with Gasteiger partial charge < -0.3 is 5.73 Å². The Morgan fingerprint density at radius 2 is 2.05 bits per heavy atom. The Bertz CT molecular complexity index is 871. The SMILES string of the molecule is Cc1ccc(-c2cc(C)n3ncc(C(N)=O)c3n2)c(F)n1. The number of nitrogens with two attached hydrogens (primary N) is 1. The largest absolute Gasteiger partial charge is 0.365 e. The molecule has 1 amide bonds. The van der Waals surface area contributed by atoms with E-state index in [1.165, 1.54) is 10.7 Å².